The Morgan fingerprint density at radius 3 is 2.36 bits per heavy atom. The molecule has 4 rings (SSSR count). The largest absolute Gasteiger partial charge is 0.497 e. The highest BCUT2D eigenvalue weighted by Crippen LogP contribution is 2.29. The minimum absolute atomic E-state index is 0.147. The fourth-order valence-electron chi connectivity index (χ4n) is 4.57. The number of piperazine rings is 1. The molecule has 0 spiro atoms. The van der Waals surface area contributed by atoms with Gasteiger partial charge in [-0.3, -0.25) is 4.90 Å². The molecule has 0 radical (unpaired) electrons. The molecule has 1 fully saturated rings. The molecule has 0 atom stereocenters. The maximum absolute atomic E-state index is 12.4. The molecule has 2 N–H and O–H groups in total. The van der Waals surface area contributed by atoms with Crippen LogP contribution in [0.5, 0.6) is 11.5 Å². The minimum atomic E-state index is -0.147. The van der Waals surface area contributed by atoms with E-state index >= 15 is 0 Å². The van der Waals surface area contributed by atoms with E-state index in [1.165, 1.54) is 0 Å². The lowest BCUT2D eigenvalue weighted by molar-refractivity contribution is 0.235. The lowest BCUT2D eigenvalue weighted by Crippen LogP contribution is -2.47. The van der Waals surface area contributed by atoms with Crippen LogP contribution in [0.1, 0.15) is 12.0 Å². The fourth-order valence-corrected chi connectivity index (χ4v) is 4.57. The topological polar surface area (TPSA) is 66.1 Å². The number of hydrogen-bond donors (Lipinski definition) is 2. The number of carbonyl (C=O) groups is 1. The lowest BCUT2D eigenvalue weighted by Gasteiger charge is -2.36. The molecule has 1 aliphatic rings. The SMILES string of the molecule is COc1ccc(CNC(=O)NCCCN2CCN(c3ccccc3OC)CC2)c(-c2ccccc2)c1. The summed E-state index contributed by atoms with van der Waals surface area (Å²) in [4.78, 5) is 17.3. The summed E-state index contributed by atoms with van der Waals surface area (Å²) in [5.74, 6) is 1.72. The van der Waals surface area contributed by atoms with Crippen molar-refractivity contribution in [1.82, 2.24) is 15.5 Å². The predicted octanol–water partition coefficient (Wildman–Crippen LogP) is 4.38. The van der Waals surface area contributed by atoms with Crippen LogP contribution >= 0.6 is 0 Å². The number of rotatable bonds is 10. The molecule has 1 heterocycles. The van der Waals surface area contributed by atoms with Crippen molar-refractivity contribution < 1.29 is 14.3 Å². The number of ether oxygens (including phenoxy) is 2. The second-order valence-electron chi connectivity index (χ2n) is 8.85. The van der Waals surface area contributed by atoms with Gasteiger partial charge in [0.25, 0.3) is 0 Å². The molecule has 36 heavy (non-hydrogen) atoms. The van der Waals surface area contributed by atoms with E-state index in [4.69, 9.17) is 9.47 Å². The Hall–Kier alpha value is -3.71. The van der Waals surface area contributed by atoms with Gasteiger partial charge in [-0.25, -0.2) is 4.79 Å². The van der Waals surface area contributed by atoms with Gasteiger partial charge in [-0.1, -0.05) is 48.5 Å². The van der Waals surface area contributed by atoms with Crippen LogP contribution in [0.2, 0.25) is 0 Å². The molecule has 0 unspecified atom stereocenters. The molecule has 3 aromatic carbocycles. The number of urea groups is 1. The van der Waals surface area contributed by atoms with Crippen molar-refractivity contribution in [2.24, 2.45) is 0 Å². The highest BCUT2D eigenvalue weighted by Gasteiger charge is 2.19. The second kappa shape index (κ2) is 12.8. The Bertz CT molecular complexity index is 1110. The third-order valence-electron chi connectivity index (χ3n) is 6.58. The van der Waals surface area contributed by atoms with Crippen molar-refractivity contribution in [2.75, 3.05) is 58.4 Å². The summed E-state index contributed by atoms with van der Waals surface area (Å²) in [6, 6.07) is 24.1. The first-order chi connectivity index (χ1) is 17.7. The van der Waals surface area contributed by atoms with Gasteiger partial charge in [-0.2, -0.15) is 0 Å². The predicted molar refractivity (Wildman–Crippen MR) is 145 cm³/mol. The zero-order valence-electron chi connectivity index (χ0n) is 21.2. The third-order valence-corrected chi connectivity index (χ3v) is 6.58. The van der Waals surface area contributed by atoms with Crippen molar-refractivity contribution in [3.8, 4) is 22.6 Å². The van der Waals surface area contributed by atoms with Gasteiger partial charge in [0.05, 0.1) is 19.9 Å². The summed E-state index contributed by atoms with van der Waals surface area (Å²) in [5, 5.41) is 5.99. The normalized spacial score (nSPS) is 13.8. The number of benzene rings is 3. The number of anilines is 1. The number of carbonyl (C=O) groups excluding carboxylic acids is 1. The highest BCUT2D eigenvalue weighted by molar-refractivity contribution is 5.75. The van der Waals surface area contributed by atoms with E-state index in [9.17, 15) is 4.79 Å². The van der Waals surface area contributed by atoms with Gasteiger partial charge in [-0.15, -0.1) is 0 Å². The van der Waals surface area contributed by atoms with Crippen LogP contribution in [0.3, 0.4) is 0 Å². The molecular formula is C29H36N4O3. The summed E-state index contributed by atoms with van der Waals surface area (Å²) < 4.78 is 10.9. The molecule has 1 aliphatic heterocycles. The first-order valence-corrected chi connectivity index (χ1v) is 12.5. The van der Waals surface area contributed by atoms with E-state index in [1.54, 1.807) is 14.2 Å². The summed E-state index contributed by atoms with van der Waals surface area (Å²) in [7, 11) is 3.38. The zero-order valence-corrected chi connectivity index (χ0v) is 21.2. The number of nitrogens with zero attached hydrogens (tertiary/aromatic N) is 2. The van der Waals surface area contributed by atoms with Gasteiger partial charge in [0.1, 0.15) is 11.5 Å². The van der Waals surface area contributed by atoms with Crippen molar-refractivity contribution >= 4 is 11.7 Å². The Labute approximate surface area is 214 Å². The summed E-state index contributed by atoms with van der Waals surface area (Å²) in [6.07, 6.45) is 0.917. The van der Waals surface area contributed by atoms with Crippen LogP contribution in [0.4, 0.5) is 10.5 Å². The Kier molecular flexibility index (Phi) is 9.05. The molecule has 0 bridgehead atoms. The molecular weight excluding hydrogens is 452 g/mol. The molecule has 190 valence electrons. The third kappa shape index (κ3) is 6.70. The summed E-state index contributed by atoms with van der Waals surface area (Å²) >= 11 is 0. The second-order valence-corrected chi connectivity index (χ2v) is 8.85. The van der Waals surface area contributed by atoms with Crippen LogP contribution < -0.4 is 25.0 Å². The molecule has 1 saturated heterocycles. The number of amides is 2. The quantitative estimate of drug-likeness (QED) is 0.415. The standard InChI is InChI=1S/C29H36N4O3/c1-35-25-14-13-24(26(21-25)23-9-4-3-5-10-23)22-31-29(34)30-15-8-16-32-17-19-33(20-18-32)27-11-6-7-12-28(27)36-2/h3-7,9-14,21H,8,15-20,22H2,1-2H3,(H2,30,31,34). The lowest BCUT2D eigenvalue weighted by atomic mass is 9.99. The average Bonchev–Trinajstić information content (AvgIpc) is 2.95. The fraction of sp³-hybridized carbons (Fsp3) is 0.345. The van der Waals surface area contributed by atoms with Crippen molar-refractivity contribution in [3.05, 3.63) is 78.4 Å². The van der Waals surface area contributed by atoms with Gasteiger partial charge in [0, 0.05) is 39.3 Å². The molecule has 2 amide bonds. The average molecular weight is 489 g/mol. The van der Waals surface area contributed by atoms with Crippen LogP contribution in [-0.4, -0.2) is 64.4 Å². The number of methoxy groups -OCH3 is 2. The number of hydrogen-bond acceptors (Lipinski definition) is 5. The van der Waals surface area contributed by atoms with Crippen LogP contribution in [0.15, 0.2) is 72.8 Å². The van der Waals surface area contributed by atoms with Crippen LogP contribution in [-0.2, 0) is 6.54 Å². The minimum Gasteiger partial charge on any atom is -0.497 e. The first-order valence-electron chi connectivity index (χ1n) is 12.5. The van der Waals surface area contributed by atoms with E-state index in [0.29, 0.717) is 13.1 Å². The molecule has 0 aliphatic carbocycles. The molecule has 3 aromatic rings. The monoisotopic (exact) mass is 488 g/mol. The maximum atomic E-state index is 12.4. The van der Waals surface area contributed by atoms with Crippen molar-refractivity contribution in [1.29, 1.82) is 0 Å². The van der Waals surface area contributed by atoms with Crippen molar-refractivity contribution in [2.45, 2.75) is 13.0 Å². The van der Waals surface area contributed by atoms with Crippen LogP contribution in [0, 0.1) is 0 Å². The Balaban J connectivity index is 1.18. The van der Waals surface area contributed by atoms with E-state index in [2.05, 4.69) is 44.7 Å². The Morgan fingerprint density at radius 2 is 1.61 bits per heavy atom. The molecule has 0 aromatic heterocycles. The van der Waals surface area contributed by atoms with E-state index < -0.39 is 0 Å². The number of nitrogens with one attached hydrogen (secondary N) is 2. The molecule has 0 saturated carbocycles. The summed E-state index contributed by atoms with van der Waals surface area (Å²) in [5.41, 5.74) is 4.36. The van der Waals surface area contributed by atoms with Gasteiger partial charge in [-0.05, 0) is 53.9 Å². The first kappa shape index (κ1) is 25.4. The van der Waals surface area contributed by atoms with Crippen molar-refractivity contribution in [3.63, 3.8) is 0 Å². The van der Waals surface area contributed by atoms with Gasteiger partial charge < -0.3 is 25.0 Å². The molecule has 7 heteroatoms. The van der Waals surface area contributed by atoms with E-state index in [1.807, 2.05) is 48.5 Å². The Morgan fingerprint density at radius 1 is 0.861 bits per heavy atom. The highest BCUT2D eigenvalue weighted by atomic mass is 16.5. The van der Waals surface area contributed by atoms with E-state index in [0.717, 1.165) is 73.0 Å². The molecule has 7 nitrogen and oxygen atoms in total. The summed E-state index contributed by atoms with van der Waals surface area (Å²) in [6.45, 7) is 6.02. The maximum Gasteiger partial charge on any atom is 0.315 e. The van der Waals surface area contributed by atoms with Gasteiger partial charge in [0.2, 0.25) is 0 Å². The van der Waals surface area contributed by atoms with Crippen LogP contribution in [0.25, 0.3) is 11.1 Å². The van der Waals surface area contributed by atoms with Gasteiger partial charge in [0.15, 0.2) is 0 Å². The smallest absolute Gasteiger partial charge is 0.315 e. The zero-order chi connectivity index (χ0) is 25.2. The van der Waals surface area contributed by atoms with E-state index in [-0.39, 0.29) is 6.03 Å². The van der Waals surface area contributed by atoms with Gasteiger partial charge >= 0.3 is 6.03 Å². The number of para-hydroxylation sites is 2.